The molecule has 4 heteroatoms. The van der Waals surface area contributed by atoms with Crippen molar-refractivity contribution in [2.75, 3.05) is 13.6 Å². The number of fused-ring (bicyclic) bond motifs is 1. The van der Waals surface area contributed by atoms with Crippen molar-refractivity contribution in [3.8, 4) is 5.75 Å². The van der Waals surface area contributed by atoms with E-state index >= 15 is 0 Å². The fraction of sp³-hybridized carbons (Fsp3) is 0.333. The first-order valence-corrected chi connectivity index (χ1v) is 6.69. The number of rotatable bonds is 2. The lowest BCUT2D eigenvalue weighted by Crippen LogP contribution is -2.32. The number of hydrogen-bond donors (Lipinski definition) is 0. The van der Waals surface area contributed by atoms with Crippen molar-refractivity contribution in [1.82, 2.24) is 4.90 Å². The van der Waals surface area contributed by atoms with Crippen molar-refractivity contribution < 1.29 is 9.15 Å². The molecule has 1 aromatic carbocycles. The second kappa shape index (κ2) is 4.91. The van der Waals surface area contributed by atoms with Gasteiger partial charge in [-0.05, 0) is 37.7 Å². The number of nitrogens with zero attached hydrogens (tertiary/aromatic N) is 1. The van der Waals surface area contributed by atoms with E-state index in [-0.39, 0.29) is 6.10 Å². The van der Waals surface area contributed by atoms with Gasteiger partial charge >= 0.3 is 0 Å². The quantitative estimate of drug-likeness (QED) is 0.835. The Balaban J connectivity index is 1.86. The molecule has 3 nitrogen and oxygen atoms in total. The molecule has 0 aliphatic carbocycles. The van der Waals surface area contributed by atoms with Gasteiger partial charge in [0.2, 0.25) is 0 Å². The fourth-order valence-electron chi connectivity index (χ4n) is 2.37. The fourth-order valence-corrected chi connectivity index (χ4v) is 2.54. The van der Waals surface area contributed by atoms with E-state index in [2.05, 4.69) is 11.9 Å². The summed E-state index contributed by atoms with van der Waals surface area (Å²) < 4.78 is 11.5. The Hall–Kier alpha value is -1.45. The molecule has 1 aliphatic heterocycles. The molecule has 1 atom stereocenters. The Labute approximate surface area is 117 Å². The zero-order chi connectivity index (χ0) is 13.4. The maximum absolute atomic E-state index is 6.13. The monoisotopic (exact) mass is 277 g/mol. The maximum Gasteiger partial charge on any atom is 0.140 e. The van der Waals surface area contributed by atoms with Gasteiger partial charge in [0.25, 0.3) is 0 Å². The standard InChI is InChI=1S/C15H16ClNO2/c1-10-3-4-11(7-13(10)16)19-15-9-17(2)8-14-12(15)5-6-18-14/h3-7,15H,8-9H2,1-2H3. The van der Waals surface area contributed by atoms with E-state index in [4.69, 9.17) is 20.8 Å². The van der Waals surface area contributed by atoms with Crippen molar-refractivity contribution in [2.24, 2.45) is 0 Å². The van der Waals surface area contributed by atoms with Gasteiger partial charge in [0.05, 0.1) is 12.8 Å². The summed E-state index contributed by atoms with van der Waals surface area (Å²) in [5.41, 5.74) is 2.19. The van der Waals surface area contributed by atoms with Crippen molar-refractivity contribution in [2.45, 2.75) is 19.6 Å². The van der Waals surface area contributed by atoms with E-state index in [1.807, 2.05) is 31.2 Å². The molecule has 0 saturated heterocycles. The average molecular weight is 278 g/mol. The van der Waals surface area contributed by atoms with E-state index in [1.54, 1.807) is 6.26 Å². The third kappa shape index (κ3) is 2.48. The Kier molecular flexibility index (Phi) is 3.25. The van der Waals surface area contributed by atoms with Crippen LogP contribution in [0.4, 0.5) is 0 Å². The van der Waals surface area contributed by atoms with Gasteiger partial charge in [-0.2, -0.15) is 0 Å². The molecular formula is C15H16ClNO2. The van der Waals surface area contributed by atoms with Gasteiger partial charge in [-0.1, -0.05) is 17.7 Å². The van der Waals surface area contributed by atoms with Gasteiger partial charge in [0.1, 0.15) is 17.6 Å². The highest BCUT2D eigenvalue weighted by Crippen LogP contribution is 2.32. The summed E-state index contributed by atoms with van der Waals surface area (Å²) in [6.07, 6.45) is 1.72. The molecule has 2 aromatic rings. The molecule has 1 aromatic heterocycles. The zero-order valence-corrected chi connectivity index (χ0v) is 11.8. The molecule has 1 aliphatic rings. The van der Waals surface area contributed by atoms with Crippen molar-refractivity contribution in [3.63, 3.8) is 0 Å². The molecule has 19 heavy (non-hydrogen) atoms. The average Bonchev–Trinajstić information content (AvgIpc) is 2.82. The predicted molar refractivity (Wildman–Crippen MR) is 74.6 cm³/mol. The number of ether oxygens (including phenoxy) is 1. The molecular weight excluding hydrogens is 262 g/mol. The van der Waals surface area contributed by atoms with Gasteiger partial charge < -0.3 is 9.15 Å². The second-order valence-corrected chi connectivity index (χ2v) is 5.42. The van der Waals surface area contributed by atoms with Crippen molar-refractivity contribution in [3.05, 3.63) is 52.4 Å². The van der Waals surface area contributed by atoms with E-state index in [9.17, 15) is 0 Å². The minimum absolute atomic E-state index is 0.00808. The van der Waals surface area contributed by atoms with Gasteiger partial charge in [-0.15, -0.1) is 0 Å². The lowest BCUT2D eigenvalue weighted by molar-refractivity contribution is 0.120. The molecule has 0 amide bonds. The largest absolute Gasteiger partial charge is 0.484 e. The summed E-state index contributed by atoms with van der Waals surface area (Å²) in [5.74, 6) is 1.78. The van der Waals surface area contributed by atoms with E-state index in [0.717, 1.165) is 40.7 Å². The van der Waals surface area contributed by atoms with E-state index in [1.165, 1.54) is 0 Å². The van der Waals surface area contributed by atoms with Crippen LogP contribution in [-0.4, -0.2) is 18.5 Å². The van der Waals surface area contributed by atoms with Crippen LogP contribution < -0.4 is 4.74 Å². The number of furan rings is 1. The van der Waals surface area contributed by atoms with Crippen LogP contribution in [0.1, 0.15) is 23.0 Å². The third-order valence-electron chi connectivity index (χ3n) is 3.44. The van der Waals surface area contributed by atoms with Crippen LogP contribution >= 0.6 is 11.6 Å². The van der Waals surface area contributed by atoms with Crippen molar-refractivity contribution in [1.29, 1.82) is 0 Å². The summed E-state index contributed by atoms with van der Waals surface area (Å²) in [5, 5.41) is 0.731. The number of benzene rings is 1. The number of likely N-dealkylation sites (N-methyl/N-ethyl adjacent to an activating group) is 1. The Morgan fingerprint density at radius 2 is 2.21 bits per heavy atom. The summed E-state index contributed by atoms with van der Waals surface area (Å²) in [4.78, 5) is 2.19. The third-order valence-corrected chi connectivity index (χ3v) is 3.85. The highest BCUT2D eigenvalue weighted by molar-refractivity contribution is 6.31. The predicted octanol–water partition coefficient (Wildman–Crippen LogP) is 3.81. The molecule has 0 spiro atoms. The molecule has 0 radical (unpaired) electrons. The minimum Gasteiger partial charge on any atom is -0.484 e. The first-order valence-electron chi connectivity index (χ1n) is 6.31. The second-order valence-electron chi connectivity index (χ2n) is 5.01. The maximum atomic E-state index is 6.13. The lowest BCUT2D eigenvalue weighted by atomic mass is 10.1. The molecule has 0 fully saturated rings. The summed E-state index contributed by atoms with van der Waals surface area (Å²) in [6.45, 7) is 3.66. The molecule has 100 valence electrons. The first kappa shape index (κ1) is 12.6. The molecule has 0 N–H and O–H groups in total. The number of hydrogen-bond acceptors (Lipinski definition) is 3. The summed E-state index contributed by atoms with van der Waals surface area (Å²) >= 11 is 6.13. The lowest BCUT2D eigenvalue weighted by Gasteiger charge is -2.29. The topological polar surface area (TPSA) is 25.6 Å². The minimum atomic E-state index is -0.00808. The zero-order valence-electron chi connectivity index (χ0n) is 11.0. The first-order chi connectivity index (χ1) is 9.13. The van der Waals surface area contributed by atoms with Crippen LogP contribution in [0.2, 0.25) is 5.02 Å². The van der Waals surface area contributed by atoms with Gasteiger partial charge in [-0.25, -0.2) is 0 Å². The van der Waals surface area contributed by atoms with Crippen LogP contribution in [0.25, 0.3) is 0 Å². The van der Waals surface area contributed by atoms with Crippen molar-refractivity contribution >= 4 is 11.6 Å². The summed E-state index contributed by atoms with van der Waals surface area (Å²) in [7, 11) is 2.06. The van der Waals surface area contributed by atoms with Crippen LogP contribution in [0, 0.1) is 6.92 Å². The molecule has 0 saturated carbocycles. The normalized spacial score (nSPS) is 19.2. The van der Waals surface area contributed by atoms with Gasteiger partial charge in [0.15, 0.2) is 0 Å². The SMILES string of the molecule is Cc1ccc(OC2CN(C)Cc3occc32)cc1Cl. The van der Waals surface area contributed by atoms with Gasteiger partial charge in [-0.3, -0.25) is 4.90 Å². The Morgan fingerprint density at radius 3 is 3.00 bits per heavy atom. The van der Waals surface area contributed by atoms with Gasteiger partial charge in [0, 0.05) is 17.1 Å². The highest BCUT2D eigenvalue weighted by atomic mass is 35.5. The molecule has 2 heterocycles. The Bertz CT molecular complexity index is 594. The van der Waals surface area contributed by atoms with E-state index in [0.29, 0.717) is 0 Å². The molecule has 0 bridgehead atoms. The number of aryl methyl sites for hydroxylation is 1. The van der Waals surface area contributed by atoms with Crippen LogP contribution in [0.3, 0.4) is 0 Å². The molecule has 1 unspecified atom stereocenters. The van der Waals surface area contributed by atoms with Crippen LogP contribution in [0.5, 0.6) is 5.75 Å². The number of halogens is 1. The van der Waals surface area contributed by atoms with E-state index < -0.39 is 0 Å². The summed E-state index contributed by atoms with van der Waals surface area (Å²) in [6, 6.07) is 7.78. The smallest absolute Gasteiger partial charge is 0.140 e. The van der Waals surface area contributed by atoms with Crippen LogP contribution in [0.15, 0.2) is 34.9 Å². The highest BCUT2D eigenvalue weighted by Gasteiger charge is 2.27. The Morgan fingerprint density at radius 1 is 1.37 bits per heavy atom. The van der Waals surface area contributed by atoms with Crippen LogP contribution in [-0.2, 0) is 6.54 Å². The molecule has 3 rings (SSSR count).